The zero-order valence-corrected chi connectivity index (χ0v) is 39.3. The third-order valence-electron chi connectivity index (χ3n) is 16.0. The van der Waals surface area contributed by atoms with E-state index in [9.17, 15) is 19.2 Å². The van der Waals surface area contributed by atoms with Gasteiger partial charge in [-0.25, -0.2) is 0 Å². The average molecular weight is 913 g/mol. The number of carbonyl (C=O) groups is 4. The molecule has 0 aromatic heterocycles. The average Bonchev–Trinajstić information content (AvgIpc) is 4.01. The lowest BCUT2D eigenvalue weighted by molar-refractivity contribution is -0.135. The molecule has 8 unspecified atom stereocenters. The molecule has 17 rings (SSSR count). The van der Waals surface area contributed by atoms with Crippen LogP contribution in [0, 0.1) is 0 Å². The summed E-state index contributed by atoms with van der Waals surface area (Å²) in [5.74, 6) is -0.179. The summed E-state index contributed by atoms with van der Waals surface area (Å²) in [6, 6.07) is 76.6. The minimum atomic E-state index is -0.377. The smallest absolute Gasteiger partial charge is 0.203 e. The number of hydrogen-bond acceptors (Lipinski definition) is 4. The molecule has 12 bridgehead atoms. The van der Waals surface area contributed by atoms with Crippen molar-refractivity contribution >= 4 is 23.1 Å². The van der Waals surface area contributed by atoms with Crippen molar-refractivity contribution in [2.24, 2.45) is 0 Å². The largest absolute Gasteiger partial charge is 0.291 e. The highest BCUT2D eigenvalue weighted by molar-refractivity contribution is 6.38. The Balaban J connectivity index is 0.951. The molecule has 0 saturated heterocycles. The molecular formula is C66H56O4. The highest BCUT2D eigenvalue weighted by Gasteiger charge is 2.47. The lowest BCUT2D eigenvalue weighted by atomic mass is 9.75. The van der Waals surface area contributed by atoms with E-state index in [1.165, 1.54) is 44.5 Å². The summed E-state index contributed by atoms with van der Waals surface area (Å²) in [5.41, 5.74) is 13.2. The second kappa shape index (κ2) is 19.8. The molecular weight excluding hydrogens is 857 g/mol. The van der Waals surface area contributed by atoms with Crippen LogP contribution in [0.1, 0.15) is 127 Å². The highest BCUT2D eigenvalue weighted by Crippen LogP contribution is 2.62. The molecule has 9 aliphatic rings. The van der Waals surface area contributed by atoms with Crippen LogP contribution < -0.4 is 0 Å². The molecule has 9 aliphatic carbocycles. The zero-order chi connectivity index (χ0) is 47.6. The van der Waals surface area contributed by atoms with E-state index in [4.69, 9.17) is 0 Å². The van der Waals surface area contributed by atoms with Gasteiger partial charge < -0.3 is 0 Å². The van der Waals surface area contributed by atoms with E-state index in [-0.39, 0.29) is 96.2 Å². The van der Waals surface area contributed by atoms with Gasteiger partial charge in [0.25, 0.3) is 0 Å². The van der Waals surface area contributed by atoms with Crippen LogP contribution in [0.15, 0.2) is 218 Å². The van der Waals surface area contributed by atoms with Crippen LogP contribution in [0.2, 0.25) is 0 Å². The van der Waals surface area contributed by atoms with Crippen LogP contribution in [-0.2, 0) is 44.9 Å². The molecule has 0 heterocycles. The Labute approximate surface area is 411 Å². The van der Waals surface area contributed by atoms with Gasteiger partial charge in [0.1, 0.15) is 0 Å². The maximum Gasteiger partial charge on any atom is 0.203 e. The van der Waals surface area contributed by atoms with Crippen molar-refractivity contribution in [1.29, 1.82) is 0 Å². The standard InChI is InChI=1S/C66H56O4/c67-59-37-43-21-29-47(30-22-43)55-41-56(64(52-15-7-2-8-16-52)63(55)51-13-5-1-6-14-51)48-31-23-44(24-32-48)38-60(68)62(70)40-46-27-35-50(36-28-46)58-42-57(49-33-25-45(26-34-49)39-61(59)69)65(53-17-9-3-10-18-53)66(58)54-19-11-4-12-20-54/h1-36,55-58,63-66H,37-42H2. The fourth-order valence-electron chi connectivity index (χ4n) is 12.6. The summed E-state index contributed by atoms with van der Waals surface area (Å²) in [6.07, 6.45) is 2.03. The second-order valence-electron chi connectivity index (χ2n) is 20.0. The summed E-state index contributed by atoms with van der Waals surface area (Å²) in [4.78, 5) is 54.6. The molecule has 344 valence electrons. The first-order chi connectivity index (χ1) is 34.3. The lowest BCUT2D eigenvalue weighted by Gasteiger charge is -2.29. The number of rotatable bonds is 4. The minimum Gasteiger partial charge on any atom is -0.291 e. The Morgan fingerprint density at radius 3 is 0.586 bits per heavy atom. The third kappa shape index (κ3) is 9.19. The summed E-state index contributed by atoms with van der Waals surface area (Å²) in [5, 5.41) is 0. The van der Waals surface area contributed by atoms with Crippen molar-refractivity contribution in [3.8, 4) is 0 Å². The highest BCUT2D eigenvalue weighted by atomic mass is 16.2. The number of hydrogen-bond donors (Lipinski definition) is 0. The number of carbonyl (C=O) groups excluding carboxylic acids is 4. The monoisotopic (exact) mass is 912 g/mol. The first kappa shape index (κ1) is 44.9. The van der Waals surface area contributed by atoms with E-state index < -0.39 is 0 Å². The van der Waals surface area contributed by atoms with Gasteiger partial charge in [-0.15, -0.1) is 0 Å². The molecule has 4 nitrogen and oxygen atoms in total. The Morgan fingerprint density at radius 1 is 0.214 bits per heavy atom. The molecule has 0 amide bonds. The maximum atomic E-state index is 13.7. The number of Topliss-reactive ketones (excluding diaryl/α,β-unsaturated/α-hetero) is 4. The van der Waals surface area contributed by atoms with Crippen LogP contribution in [0.5, 0.6) is 0 Å². The van der Waals surface area contributed by atoms with Gasteiger partial charge in [0, 0.05) is 25.7 Å². The van der Waals surface area contributed by atoms with Crippen LogP contribution in [-0.4, -0.2) is 23.1 Å². The third-order valence-corrected chi connectivity index (χ3v) is 16.0. The van der Waals surface area contributed by atoms with E-state index in [1.54, 1.807) is 0 Å². The van der Waals surface area contributed by atoms with Gasteiger partial charge in [0.05, 0.1) is 0 Å². The Bertz CT molecular complexity index is 2680. The van der Waals surface area contributed by atoms with Crippen molar-refractivity contribution in [3.05, 3.63) is 285 Å². The molecule has 8 atom stereocenters. The minimum absolute atomic E-state index is 0.0593. The summed E-state index contributed by atoms with van der Waals surface area (Å²) in [6.45, 7) is 0. The van der Waals surface area contributed by atoms with Gasteiger partial charge in [-0.1, -0.05) is 218 Å². The fourth-order valence-corrected chi connectivity index (χ4v) is 12.6. The Kier molecular flexibility index (Phi) is 12.7. The van der Waals surface area contributed by atoms with Gasteiger partial charge in [0.2, 0.25) is 23.1 Å². The van der Waals surface area contributed by atoms with Gasteiger partial charge in [-0.3, -0.25) is 19.2 Å². The van der Waals surface area contributed by atoms with E-state index in [2.05, 4.69) is 170 Å². The zero-order valence-electron chi connectivity index (χ0n) is 39.3. The quantitative estimate of drug-likeness (QED) is 0.165. The number of benzene rings is 8. The molecule has 8 aromatic carbocycles. The molecule has 2 saturated carbocycles. The molecule has 0 radical (unpaired) electrons. The summed E-state index contributed by atoms with van der Waals surface area (Å²) in [7, 11) is 0. The van der Waals surface area contributed by atoms with Crippen LogP contribution in [0.4, 0.5) is 0 Å². The van der Waals surface area contributed by atoms with Crippen molar-refractivity contribution in [3.63, 3.8) is 0 Å². The SMILES string of the molecule is O=C1Cc2ccc(cc2)C2CC(c3ccc(cc3)CC(=O)C(=O)Cc3ccc(cc3)C3CC(c4ccc(cc4)CC1=O)C(c1ccccc1)C3c1ccccc1)C(c1ccccc1)C2c1ccccc1. The molecule has 0 aliphatic heterocycles. The van der Waals surface area contributed by atoms with E-state index in [0.717, 1.165) is 35.1 Å². The van der Waals surface area contributed by atoms with Crippen molar-refractivity contribution in [1.82, 2.24) is 0 Å². The van der Waals surface area contributed by atoms with Crippen molar-refractivity contribution in [2.75, 3.05) is 0 Å². The first-order valence-corrected chi connectivity index (χ1v) is 25.0. The topological polar surface area (TPSA) is 68.3 Å². The molecule has 70 heavy (non-hydrogen) atoms. The van der Waals surface area contributed by atoms with E-state index >= 15 is 0 Å². The van der Waals surface area contributed by atoms with Gasteiger partial charge in [-0.2, -0.15) is 0 Å². The molecule has 4 heteroatoms. The van der Waals surface area contributed by atoms with Gasteiger partial charge >= 0.3 is 0 Å². The molecule has 0 N–H and O–H groups in total. The predicted octanol–water partition coefficient (Wildman–Crippen LogP) is 13.5. The second-order valence-corrected chi connectivity index (χ2v) is 20.0. The maximum absolute atomic E-state index is 13.7. The molecule has 8 aromatic rings. The number of ketones is 4. The van der Waals surface area contributed by atoms with Crippen LogP contribution in [0.25, 0.3) is 0 Å². The van der Waals surface area contributed by atoms with Crippen molar-refractivity contribution in [2.45, 2.75) is 85.9 Å². The predicted molar refractivity (Wildman–Crippen MR) is 278 cm³/mol. The van der Waals surface area contributed by atoms with Crippen LogP contribution in [0.3, 0.4) is 0 Å². The molecule has 2 fully saturated rings. The normalized spacial score (nSPS) is 23.8. The Hall–Kier alpha value is -7.56. The summed E-state index contributed by atoms with van der Waals surface area (Å²) >= 11 is 0. The molecule has 0 spiro atoms. The van der Waals surface area contributed by atoms with Gasteiger partial charge in [-0.05, 0) is 127 Å². The van der Waals surface area contributed by atoms with Crippen LogP contribution >= 0.6 is 0 Å². The van der Waals surface area contributed by atoms with Crippen molar-refractivity contribution < 1.29 is 19.2 Å². The first-order valence-electron chi connectivity index (χ1n) is 25.0. The van der Waals surface area contributed by atoms with Gasteiger partial charge in [0.15, 0.2) is 0 Å². The fraction of sp³-hybridized carbons (Fsp3) is 0.212. The summed E-state index contributed by atoms with van der Waals surface area (Å²) < 4.78 is 0. The lowest BCUT2D eigenvalue weighted by Crippen LogP contribution is -2.19. The van der Waals surface area contributed by atoms with E-state index in [0.29, 0.717) is 0 Å². The Morgan fingerprint density at radius 2 is 0.400 bits per heavy atom. The van der Waals surface area contributed by atoms with E-state index in [1.807, 2.05) is 48.5 Å².